The second-order valence-corrected chi connectivity index (χ2v) is 10.5. The van der Waals surface area contributed by atoms with Crippen LogP contribution >= 0.6 is 0 Å². The lowest BCUT2D eigenvalue weighted by molar-refractivity contribution is -0.136. The predicted octanol–water partition coefficient (Wildman–Crippen LogP) is 3.52. The zero-order chi connectivity index (χ0) is 25.2. The second-order valence-electron chi connectivity index (χ2n) is 10.5. The Labute approximate surface area is 210 Å². The zero-order valence-corrected chi connectivity index (χ0v) is 22.0. The Morgan fingerprint density at radius 2 is 2.03 bits per heavy atom. The summed E-state index contributed by atoms with van der Waals surface area (Å²) in [6, 6.07) is 6.48. The molecule has 3 N–H and O–H groups in total. The molecule has 0 bridgehead atoms. The number of nitrogens with one attached hydrogen (secondary N) is 2. The highest BCUT2D eigenvalue weighted by molar-refractivity contribution is 5.96. The molecular weight excluding hydrogens is 442 g/mol. The quantitative estimate of drug-likeness (QED) is 0.496. The minimum atomic E-state index is -0.458. The normalized spacial score (nSPS) is 28.4. The fraction of sp³-hybridized carbons (Fsp3) is 0.704. The van der Waals surface area contributed by atoms with Crippen molar-refractivity contribution in [1.82, 2.24) is 15.1 Å². The number of methoxy groups -OCH3 is 1. The number of ether oxygens (including phenoxy) is 1. The Balaban J connectivity index is 1.62. The molecule has 1 amide bonds. The van der Waals surface area contributed by atoms with E-state index in [1.807, 2.05) is 37.1 Å². The summed E-state index contributed by atoms with van der Waals surface area (Å²) < 4.78 is 5.68. The first-order chi connectivity index (χ1) is 16.8. The van der Waals surface area contributed by atoms with E-state index in [2.05, 4.69) is 29.4 Å². The summed E-state index contributed by atoms with van der Waals surface area (Å²) in [4.78, 5) is 22.1. The summed E-state index contributed by atoms with van der Waals surface area (Å²) >= 11 is 0. The third kappa shape index (κ3) is 5.28. The summed E-state index contributed by atoms with van der Waals surface area (Å²) in [6.07, 6.45) is 6.99. The van der Waals surface area contributed by atoms with Gasteiger partial charge >= 0.3 is 0 Å². The number of aliphatic hydroxyl groups is 1. The molecule has 2 aliphatic carbocycles. The Morgan fingerprint density at radius 1 is 1.31 bits per heavy atom. The lowest BCUT2D eigenvalue weighted by atomic mass is 9.93. The van der Waals surface area contributed by atoms with E-state index < -0.39 is 5.66 Å². The van der Waals surface area contributed by atoms with Crippen LogP contribution in [0.25, 0.3) is 0 Å². The summed E-state index contributed by atoms with van der Waals surface area (Å²) in [5.41, 5.74) is 1.47. The van der Waals surface area contributed by atoms with E-state index in [1.165, 1.54) is 25.7 Å². The van der Waals surface area contributed by atoms with Crippen molar-refractivity contribution in [2.75, 3.05) is 32.6 Å². The van der Waals surface area contributed by atoms with Crippen LogP contribution in [0.5, 0.6) is 5.75 Å². The van der Waals surface area contributed by atoms with Crippen molar-refractivity contribution in [2.45, 2.75) is 95.5 Å². The molecule has 0 spiro atoms. The first-order valence-corrected chi connectivity index (χ1v) is 13.3. The van der Waals surface area contributed by atoms with Gasteiger partial charge in [-0.25, -0.2) is 0 Å². The van der Waals surface area contributed by atoms with Crippen molar-refractivity contribution < 1.29 is 14.6 Å². The number of nitrogens with zero attached hydrogens (tertiary/aromatic N) is 3. The van der Waals surface area contributed by atoms with E-state index in [9.17, 15) is 9.90 Å². The molecule has 4 atom stereocenters. The van der Waals surface area contributed by atoms with E-state index in [4.69, 9.17) is 9.73 Å². The van der Waals surface area contributed by atoms with Gasteiger partial charge in [-0.05, 0) is 50.3 Å². The average Bonchev–Trinajstić information content (AvgIpc) is 3.35. The van der Waals surface area contributed by atoms with Gasteiger partial charge in [0.2, 0.25) is 5.91 Å². The SMILES string of the molecule is CCCN(C1CCCC1)C1(C)NC(Nc2ccc(C3CC3O)cc2OC)=NCC1N(C)C(=O)CC. The van der Waals surface area contributed by atoms with Crippen molar-refractivity contribution >= 4 is 17.6 Å². The number of hydrogen-bond donors (Lipinski definition) is 3. The van der Waals surface area contributed by atoms with Gasteiger partial charge in [0.1, 0.15) is 11.4 Å². The maximum Gasteiger partial charge on any atom is 0.222 e. The molecule has 1 aliphatic heterocycles. The van der Waals surface area contributed by atoms with E-state index in [0.717, 1.165) is 36.4 Å². The molecule has 0 radical (unpaired) electrons. The highest BCUT2D eigenvalue weighted by Gasteiger charge is 2.48. The minimum Gasteiger partial charge on any atom is -0.495 e. The van der Waals surface area contributed by atoms with Crippen LogP contribution in [0.4, 0.5) is 5.69 Å². The highest BCUT2D eigenvalue weighted by Crippen LogP contribution is 2.43. The third-order valence-corrected chi connectivity index (χ3v) is 8.10. The van der Waals surface area contributed by atoms with Crippen LogP contribution < -0.4 is 15.4 Å². The largest absolute Gasteiger partial charge is 0.495 e. The number of carbonyl (C=O) groups is 1. The average molecular weight is 486 g/mol. The van der Waals surface area contributed by atoms with Crippen LogP contribution in [0.2, 0.25) is 0 Å². The molecule has 2 fully saturated rings. The topological polar surface area (TPSA) is 89.4 Å². The smallest absolute Gasteiger partial charge is 0.222 e. The maximum atomic E-state index is 12.8. The molecule has 8 nitrogen and oxygen atoms in total. The zero-order valence-electron chi connectivity index (χ0n) is 22.0. The number of guanidine groups is 1. The predicted molar refractivity (Wildman–Crippen MR) is 140 cm³/mol. The number of aliphatic hydroxyl groups excluding tert-OH is 1. The number of benzene rings is 1. The Bertz CT molecular complexity index is 931. The van der Waals surface area contributed by atoms with Crippen LogP contribution in [0.15, 0.2) is 23.2 Å². The first-order valence-electron chi connectivity index (χ1n) is 13.3. The van der Waals surface area contributed by atoms with E-state index in [-0.39, 0.29) is 24.0 Å². The summed E-state index contributed by atoms with van der Waals surface area (Å²) in [7, 11) is 3.58. The number of amides is 1. The van der Waals surface area contributed by atoms with Gasteiger partial charge in [0, 0.05) is 32.0 Å². The number of likely N-dealkylation sites (N-methyl/N-ethyl adjacent to an activating group) is 1. The molecule has 3 aliphatic rings. The molecule has 8 heteroatoms. The molecule has 4 rings (SSSR count). The van der Waals surface area contributed by atoms with Gasteiger partial charge in [0.25, 0.3) is 0 Å². The van der Waals surface area contributed by atoms with Crippen molar-refractivity contribution in [1.29, 1.82) is 0 Å². The fourth-order valence-corrected chi connectivity index (χ4v) is 5.93. The van der Waals surface area contributed by atoms with E-state index in [0.29, 0.717) is 25.0 Å². The Kier molecular flexibility index (Phi) is 7.91. The van der Waals surface area contributed by atoms with Gasteiger partial charge in [0.15, 0.2) is 5.96 Å². The summed E-state index contributed by atoms with van der Waals surface area (Å²) in [5, 5.41) is 17.0. The van der Waals surface area contributed by atoms with Crippen LogP contribution in [0.3, 0.4) is 0 Å². The standard InChI is InChI=1S/C27H43N5O3/c1-6-14-32(19-10-8-9-11-19)27(3)24(31(4)25(34)7-2)17-28-26(30-27)29-21-13-12-18(15-23(21)35-5)20-16-22(20)33/h12-13,15,19-20,22,24,33H,6-11,14,16-17H2,1-5H3,(H2,28,29,30). The van der Waals surface area contributed by atoms with Gasteiger partial charge < -0.3 is 25.4 Å². The number of carbonyl (C=O) groups excluding carboxylic acids is 1. The van der Waals surface area contributed by atoms with Gasteiger partial charge in [-0.1, -0.05) is 32.8 Å². The third-order valence-electron chi connectivity index (χ3n) is 8.10. The lowest BCUT2D eigenvalue weighted by Gasteiger charge is -2.53. The molecule has 2 saturated carbocycles. The van der Waals surface area contributed by atoms with Crippen LogP contribution in [-0.4, -0.2) is 77.9 Å². The molecule has 1 aromatic rings. The van der Waals surface area contributed by atoms with E-state index in [1.54, 1.807) is 7.11 Å². The summed E-state index contributed by atoms with van der Waals surface area (Å²) in [6.45, 7) is 7.86. The van der Waals surface area contributed by atoms with E-state index >= 15 is 0 Å². The van der Waals surface area contributed by atoms with Gasteiger partial charge in [-0.2, -0.15) is 0 Å². The number of aliphatic imine (C=N–C) groups is 1. The number of anilines is 1. The van der Waals surface area contributed by atoms with Crippen molar-refractivity contribution in [2.24, 2.45) is 4.99 Å². The van der Waals surface area contributed by atoms with Gasteiger partial charge in [-0.3, -0.25) is 14.7 Å². The fourth-order valence-electron chi connectivity index (χ4n) is 5.93. The van der Waals surface area contributed by atoms with Crippen molar-refractivity contribution in [3.63, 3.8) is 0 Å². The molecule has 1 heterocycles. The molecule has 4 unspecified atom stereocenters. The number of rotatable bonds is 9. The minimum absolute atomic E-state index is 0.0757. The molecule has 194 valence electrons. The summed E-state index contributed by atoms with van der Waals surface area (Å²) in [5.74, 6) is 1.76. The Hall–Kier alpha value is -2.32. The molecule has 0 saturated heterocycles. The number of hydrogen-bond acceptors (Lipinski definition) is 7. The first kappa shape index (κ1) is 25.8. The monoisotopic (exact) mass is 485 g/mol. The molecular formula is C27H43N5O3. The van der Waals surface area contributed by atoms with Crippen molar-refractivity contribution in [3.05, 3.63) is 23.8 Å². The second kappa shape index (κ2) is 10.7. The lowest BCUT2D eigenvalue weighted by Crippen LogP contribution is -2.74. The van der Waals surface area contributed by atoms with Gasteiger partial charge in [0.05, 0.1) is 31.5 Å². The van der Waals surface area contributed by atoms with Crippen molar-refractivity contribution in [3.8, 4) is 5.75 Å². The highest BCUT2D eigenvalue weighted by atomic mass is 16.5. The van der Waals surface area contributed by atoms with Crippen LogP contribution in [0.1, 0.15) is 77.2 Å². The maximum absolute atomic E-state index is 12.8. The molecule has 1 aromatic carbocycles. The van der Waals surface area contributed by atoms with Crippen LogP contribution in [-0.2, 0) is 4.79 Å². The van der Waals surface area contributed by atoms with Gasteiger partial charge in [-0.15, -0.1) is 0 Å². The molecule has 35 heavy (non-hydrogen) atoms. The van der Waals surface area contributed by atoms with Crippen LogP contribution in [0, 0.1) is 0 Å². The molecule has 0 aromatic heterocycles. The Morgan fingerprint density at radius 3 is 2.63 bits per heavy atom.